The molecule has 0 saturated heterocycles. The Morgan fingerprint density at radius 2 is 1.72 bits per heavy atom. The van der Waals surface area contributed by atoms with E-state index in [1.807, 2.05) is 91.9 Å². The highest BCUT2D eigenvalue weighted by atomic mass is 16.5. The predicted octanol–water partition coefficient (Wildman–Crippen LogP) is 8.33. The average Bonchev–Trinajstić information content (AvgIpc) is 3.01. The molecule has 0 aliphatic carbocycles. The van der Waals surface area contributed by atoms with E-state index in [2.05, 4.69) is 30.4 Å². The van der Waals surface area contributed by atoms with Crippen molar-refractivity contribution in [2.24, 2.45) is 0 Å². The van der Waals surface area contributed by atoms with Crippen LogP contribution in [0.3, 0.4) is 0 Å². The van der Waals surface area contributed by atoms with Gasteiger partial charge in [0.1, 0.15) is 12.5 Å². The number of carbonyl (C=O) groups excluding carboxylic acids is 1. The summed E-state index contributed by atoms with van der Waals surface area (Å²) >= 11 is 0. The second-order valence-corrected chi connectivity index (χ2v) is 11.2. The summed E-state index contributed by atoms with van der Waals surface area (Å²) in [5, 5.41) is 14.9. The minimum absolute atomic E-state index is 0.661. The number of para-hydroxylation sites is 1. The third-order valence-electron chi connectivity index (χ3n) is 7.33. The van der Waals surface area contributed by atoms with Gasteiger partial charge in [-0.2, -0.15) is 0 Å². The highest BCUT2D eigenvalue weighted by molar-refractivity contribution is 5.96. The summed E-state index contributed by atoms with van der Waals surface area (Å²) in [4.78, 5) is 25.5. The van der Waals surface area contributed by atoms with Crippen molar-refractivity contribution < 1.29 is 24.2 Å². The normalized spacial score (nSPS) is 12.9. The van der Waals surface area contributed by atoms with Crippen LogP contribution in [0.4, 0.5) is 5.69 Å². The van der Waals surface area contributed by atoms with Crippen LogP contribution >= 0.6 is 0 Å². The van der Waals surface area contributed by atoms with E-state index in [0.29, 0.717) is 12.2 Å². The van der Waals surface area contributed by atoms with Gasteiger partial charge in [-0.25, -0.2) is 4.79 Å². The first-order valence-corrected chi connectivity index (χ1v) is 14.7. The first-order valence-electron chi connectivity index (χ1n) is 14.7. The SMILES string of the molecule is C=O.CC.CNc1c(C)c(C(OC(C)(C)C)C(=O)O)c(-c2ccc3c(c2)CCCO3)c(C)c1-c1cnc2ccccc2c1. The summed E-state index contributed by atoms with van der Waals surface area (Å²) in [6, 6.07) is 16.4. The molecule has 3 aromatic carbocycles. The molecule has 7 nitrogen and oxygen atoms in total. The highest BCUT2D eigenvalue weighted by Crippen LogP contribution is 2.47. The summed E-state index contributed by atoms with van der Waals surface area (Å²) in [5.41, 5.74) is 8.54. The molecule has 2 heterocycles. The van der Waals surface area contributed by atoms with Gasteiger partial charge in [0.15, 0.2) is 6.10 Å². The number of benzene rings is 3. The number of aliphatic carboxylic acids is 1. The summed E-state index contributed by atoms with van der Waals surface area (Å²) in [6.07, 6.45) is 2.63. The molecule has 228 valence electrons. The Morgan fingerprint density at radius 1 is 1.02 bits per heavy atom. The Bertz CT molecular complexity index is 1590. The Labute approximate surface area is 255 Å². The van der Waals surface area contributed by atoms with Crippen LogP contribution in [0.5, 0.6) is 5.75 Å². The quantitative estimate of drug-likeness (QED) is 0.235. The molecule has 1 aromatic heterocycles. The van der Waals surface area contributed by atoms with Crippen molar-refractivity contribution in [3.8, 4) is 28.0 Å². The zero-order chi connectivity index (χ0) is 31.9. The maximum absolute atomic E-state index is 12.8. The van der Waals surface area contributed by atoms with Gasteiger partial charge in [0, 0.05) is 41.0 Å². The smallest absolute Gasteiger partial charge is 0.337 e. The van der Waals surface area contributed by atoms with Crippen molar-refractivity contribution in [2.45, 2.75) is 73.0 Å². The van der Waals surface area contributed by atoms with Crippen molar-refractivity contribution in [2.75, 3.05) is 19.0 Å². The number of aryl methyl sites for hydroxylation is 1. The van der Waals surface area contributed by atoms with E-state index in [9.17, 15) is 9.90 Å². The van der Waals surface area contributed by atoms with Crippen molar-refractivity contribution in [3.05, 3.63) is 77.0 Å². The molecule has 4 aromatic rings. The number of carbonyl (C=O) groups is 2. The van der Waals surface area contributed by atoms with Gasteiger partial charge in [-0.15, -0.1) is 0 Å². The van der Waals surface area contributed by atoms with E-state index < -0.39 is 17.7 Å². The molecule has 5 rings (SSSR count). The number of ether oxygens (including phenoxy) is 2. The summed E-state index contributed by atoms with van der Waals surface area (Å²) < 4.78 is 12.1. The van der Waals surface area contributed by atoms with E-state index in [4.69, 9.17) is 19.3 Å². The van der Waals surface area contributed by atoms with Gasteiger partial charge in [0.2, 0.25) is 0 Å². The number of aromatic nitrogens is 1. The number of pyridine rings is 1. The molecule has 0 saturated carbocycles. The van der Waals surface area contributed by atoms with Gasteiger partial charge in [-0.3, -0.25) is 4.98 Å². The molecule has 1 aliphatic heterocycles. The average molecular weight is 585 g/mol. The summed E-state index contributed by atoms with van der Waals surface area (Å²) in [7, 11) is 1.87. The van der Waals surface area contributed by atoms with Crippen LogP contribution in [0.15, 0.2) is 54.7 Å². The lowest BCUT2D eigenvalue weighted by Crippen LogP contribution is -2.28. The van der Waals surface area contributed by atoms with E-state index in [1.54, 1.807) is 0 Å². The van der Waals surface area contributed by atoms with Crippen LogP contribution in [0.1, 0.15) is 69.4 Å². The molecular weight excluding hydrogens is 540 g/mol. The summed E-state index contributed by atoms with van der Waals surface area (Å²) in [5.74, 6) is -0.121. The first kappa shape index (κ1) is 33.3. The number of nitrogens with one attached hydrogen (secondary N) is 1. The van der Waals surface area contributed by atoms with Gasteiger partial charge in [0.05, 0.1) is 17.7 Å². The van der Waals surface area contributed by atoms with E-state index in [0.717, 1.165) is 74.1 Å². The molecular formula is C36H44N2O5. The van der Waals surface area contributed by atoms with Gasteiger partial charge in [-0.1, -0.05) is 38.1 Å². The third kappa shape index (κ3) is 7.05. The molecule has 0 fully saturated rings. The maximum atomic E-state index is 12.8. The first-order chi connectivity index (χ1) is 20.6. The predicted molar refractivity (Wildman–Crippen MR) is 175 cm³/mol. The van der Waals surface area contributed by atoms with Crippen LogP contribution in [0, 0.1) is 13.8 Å². The zero-order valence-electron chi connectivity index (χ0n) is 26.6. The number of carboxylic acids is 1. The Kier molecular flexibility index (Phi) is 11.1. The lowest BCUT2D eigenvalue weighted by Gasteiger charge is -2.31. The lowest BCUT2D eigenvalue weighted by atomic mass is 9.82. The topological polar surface area (TPSA) is 97.8 Å². The molecule has 7 heteroatoms. The number of hydrogen-bond acceptors (Lipinski definition) is 6. The molecule has 2 N–H and O–H groups in total. The monoisotopic (exact) mass is 584 g/mol. The van der Waals surface area contributed by atoms with Gasteiger partial charge < -0.3 is 24.7 Å². The number of carboxylic acid groups (broad SMARTS) is 1. The number of anilines is 1. The molecule has 0 radical (unpaired) electrons. The van der Waals surface area contributed by atoms with Crippen molar-refractivity contribution in [3.63, 3.8) is 0 Å². The molecule has 1 unspecified atom stereocenters. The second-order valence-electron chi connectivity index (χ2n) is 11.2. The molecule has 43 heavy (non-hydrogen) atoms. The summed E-state index contributed by atoms with van der Waals surface area (Å²) in [6.45, 7) is 16.4. The van der Waals surface area contributed by atoms with Crippen LogP contribution in [0.2, 0.25) is 0 Å². The van der Waals surface area contributed by atoms with Crippen LogP contribution < -0.4 is 10.1 Å². The van der Waals surface area contributed by atoms with Crippen molar-refractivity contribution in [1.82, 2.24) is 4.98 Å². The second kappa shape index (κ2) is 14.3. The van der Waals surface area contributed by atoms with Gasteiger partial charge in [0.25, 0.3) is 0 Å². The van der Waals surface area contributed by atoms with Crippen molar-refractivity contribution >= 4 is 29.3 Å². The van der Waals surface area contributed by atoms with Gasteiger partial charge >= 0.3 is 5.97 Å². The zero-order valence-corrected chi connectivity index (χ0v) is 26.6. The standard InChI is InChI=1S/C33H36N2O4.C2H6.CH2O/c1-19-27(23-13-14-26-22(17-23)11-9-15-38-26)29(31(32(36)37)39-33(3,4)5)20(2)30(34-6)28(19)24-16-21-10-7-8-12-25(21)35-18-24;2*1-2/h7-8,10,12-14,16-18,31,34H,9,11,15H2,1-6H3,(H,36,37);1-2H3;1H2. The van der Waals surface area contributed by atoms with E-state index in [-0.39, 0.29) is 0 Å². The molecule has 0 spiro atoms. The number of nitrogens with zero attached hydrogens (tertiary/aromatic N) is 1. The van der Waals surface area contributed by atoms with Crippen molar-refractivity contribution in [1.29, 1.82) is 0 Å². The number of fused-ring (bicyclic) bond motifs is 2. The van der Waals surface area contributed by atoms with Gasteiger partial charge in [-0.05, 0) is 99.5 Å². The maximum Gasteiger partial charge on any atom is 0.337 e. The Hall–Kier alpha value is -4.23. The molecule has 1 atom stereocenters. The van der Waals surface area contributed by atoms with E-state index in [1.165, 1.54) is 0 Å². The number of hydrogen-bond donors (Lipinski definition) is 2. The largest absolute Gasteiger partial charge is 0.493 e. The van der Waals surface area contributed by atoms with E-state index >= 15 is 0 Å². The minimum Gasteiger partial charge on any atom is -0.493 e. The minimum atomic E-state index is -1.15. The Morgan fingerprint density at radius 3 is 2.37 bits per heavy atom. The highest BCUT2D eigenvalue weighted by Gasteiger charge is 2.34. The van der Waals surface area contributed by atoms with Crippen LogP contribution in [-0.4, -0.2) is 42.1 Å². The third-order valence-corrected chi connectivity index (χ3v) is 7.33. The number of rotatable bonds is 6. The fourth-order valence-electron chi connectivity index (χ4n) is 5.71. The fourth-order valence-corrected chi connectivity index (χ4v) is 5.71. The fraction of sp³-hybridized carbons (Fsp3) is 0.361. The Balaban J connectivity index is 0.00000121. The van der Waals surface area contributed by atoms with Crippen LogP contribution in [0.25, 0.3) is 33.2 Å². The molecule has 0 bridgehead atoms. The lowest BCUT2D eigenvalue weighted by molar-refractivity contribution is -0.160. The molecule has 1 aliphatic rings. The molecule has 0 amide bonds. The van der Waals surface area contributed by atoms with Crippen LogP contribution in [-0.2, 0) is 20.7 Å².